The molecule has 0 N–H and O–H groups in total. The number of nitrogens with zero attached hydrogens (tertiary/aromatic N) is 3. The number of hydrogen-bond acceptors (Lipinski definition) is 2. The summed E-state index contributed by atoms with van der Waals surface area (Å²) in [5, 5.41) is 0.487. The van der Waals surface area contributed by atoms with Crippen LogP contribution in [-0.2, 0) is 18.4 Å². The molecule has 28 heavy (non-hydrogen) atoms. The average Bonchev–Trinajstić information content (AvgIpc) is 3.04. The van der Waals surface area contributed by atoms with Crippen LogP contribution in [0.1, 0.15) is 29.9 Å². The van der Waals surface area contributed by atoms with Crippen molar-refractivity contribution in [2.45, 2.75) is 20.4 Å². The van der Waals surface area contributed by atoms with E-state index in [-0.39, 0.29) is 24.9 Å². The van der Waals surface area contributed by atoms with E-state index in [0.29, 0.717) is 29.6 Å². The maximum Gasteiger partial charge on any atom is 0.254 e. The molecule has 2 amide bonds. The average molecular weight is 402 g/mol. The monoisotopic (exact) mass is 401 g/mol. The second-order valence-electron chi connectivity index (χ2n) is 7.26. The van der Waals surface area contributed by atoms with E-state index in [1.807, 2.05) is 29.9 Å². The predicted octanol–water partition coefficient (Wildman–Crippen LogP) is 3.99. The van der Waals surface area contributed by atoms with E-state index in [1.165, 1.54) is 4.90 Å². The van der Waals surface area contributed by atoms with Crippen LogP contribution in [0.3, 0.4) is 0 Å². The molecule has 0 radical (unpaired) electrons. The molecule has 0 spiro atoms. The molecule has 0 fully saturated rings. The number of hydrogen-bond donors (Lipinski definition) is 0. The van der Waals surface area contributed by atoms with Crippen molar-refractivity contribution < 1.29 is 9.59 Å². The van der Waals surface area contributed by atoms with E-state index in [1.54, 1.807) is 35.2 Å². The smallest absolute Gasteiger partial charge is 0.254 e. The molecule has 6 heteroatoms. The van der Waals surface area contributed by atoms with Gasteiger partial charge in [-0.2, -0.15) is 0 Å². The standard InChI is InChI=1S/C22H28ClN3O2/c1-5-11-25(22(28)18-8-6-9-19(23)13-18)16-21(27)26(14-17(2)3)15-20-10-7-12-24(20)4/h5-10,12-13,17H,1,11,14-16H2,2-4H3. The van der Waals surface area contributed by atoms with Crippen LogP contribution in [0.15, 0.2) is 55.3 Å². The van der Waals surface area contributed by atoms with Crippen molar-refractivity contribution in [1.82, 2.24) is 14.4 Å². The molecule has 1 aromatic heterocycles. The summed E-state index contributed by atoms with van der Waals surface area (Å²) in [5.74, 6) is -0.00746. The first-order valence-electron chi connectivity index (χ1n) is 9.35. The van der Waals surface area contributed by atoms with Crippen molar-refractivity contribution in [2.24, 2.45) is 13.0 Å². The highest BCUT2D eigenvalue weighted by Crippen LogP contribution is 2.14. The van der Waals surface area contributed by atoms with E-state index in [4.69, 9.17) is 11.6 Å². The third-order valence-corrected chi connectivity index (χ3v) is 4.61. The number of halogens is 1. The highest BCUT2D eigenvalue weighted by atomic mass is 35.5. The van der Waals surface area contributed by atoms with Gasteiger partial charge < -0.3 is 14.4 Å². The molecule has 0 saturated heterocycles. The van der Waals surface area contributed by atoms with Crippen molar-refractivity contribution in [3.05, 3.63) is 71.5 Å². The van der Waals surface area contributed by atoms with E-state index in [2.05, 4.69) is 20.4 Å². The first kappa shape index (κ1) is 21.8. The summed E-state index contributed by atoms with van der Waals surface area (Å²) in [5.41, 5.74) is 1.51. The van der Waals surface area contributed by atoms with Gasteiger partial charge >= 0.3 is 0 Å². The largest absolute Gasteiger partial charge is 0.353 e. The van der Waals surface area contributed by atoms with Gasteiger partial charge in [-0.25, -0.2) is 0 Å². The predicted molar refractivity (Wildman–Crippen MR) is 113 cm³/mol. The second-order valence-corrected chi connectivity index (χ2v) is 7.70. The molecule has 1 aromatic carbocycles. The van der Waals surface area contributed by atoms with E-state index in [0.717, 1.165) is 5.69 Å². The number of aromatic nitrogens is 1. The van der Waals surface area contributed by atoms with Crippen LogP contribution in [0.25, 0.3) is 0 Å². The number of amides is 2. The lowest BCUT2D eigenvalue weighted by Crippen LogP contribution is -2.44. The van der Waals surface area contributed by atoms with Gasteiger partial charge in [0, 0.05) is 42.6 Å². The maximum absolute atomic E-state index is 13.1. The number of carbonyl (C=O) groups excluding carboxylic acids is 2. The molecule has 150 valence electrons. The Morgan fingerprint density at radius 1 is 1.21 bits per heavy atom. The van der Waals surface area contributed by atoms with Gasteiger partial charge in [0.05, 0.1) is 6.54 Å². The number of aryl methyl sites for hydroxylation is 1. The van der Waals surface area contributed by atoms with Gasteiger partial charge in [0.1, 0.15) is 6.54 Å². The molecule has 1 heterocycles. The second kappa shape index (κ2) is 10.1. The van der Waals surface area contributed by atoms with Gasteiger partial charge in [-0.1, -0.05) is 37.6 Å². The minimum absolute atomic E-state index is 0.00545. The fourth-order valence-corrected chi connectivity index (χ4v) is 3.18. The third kappa shape index (κ3) is 5.99. The number of benzene rings is 1. The Kier molecular flexibility index (Phi) is 7.88. The van der Waals surface area contributed by atoms with Crippen LogP contribution in [0, 0.1) is 5.92 Å². The van der Waals surface area contributed by atoms with Gasteiger partial charge in [0.2, 0.25) is 5.91 Å². The summed E-state index contributed by atoms with van der Waals surface area (Å²) in [6, 6.07) is 10.7. The molecule has 5 nitrogen and oxygen atoms in total. The Balaban J connectivity index is 2.17. The molecule has 2 rings (SSSR count). The number of rotatable bonds is 9. The summed E-state index contributed by atoms with van der Waals surface area (Å²) in [6.07, 6.45) is 3.58. The van der Waals surface area contributed by atoms with Crippen LogP contribution < -0.4 is 0 Å². The molecule has 0 saturated carbocycles. The van der Waals surface area contributed by atoms with Gasteiger partial charge in [-0.15, -0.1) is 6.58 Å². The first-order valence-corrected chi connectivity index (χ1v) is 9.73. The lowest BCUT2D eigenvalue weighted by Gasteiger charge is -2.28. The van der Waals surface area contributed by atoms with Crippen molar-refractivity contribution in [3.8, 4) is 0 Å². The Morgan fingerprint density at radius 3 is 2.54 bits per heavy atom. The fraction of sp³-hybridized carbons (Fsp3) is 0.364. The lowest BCUT2D eigenvalue weighted by atomic mass is 10.1. The molecule has 0 unspecified atom stereocenters. The molecule has 0 bridgehead atoms. The highest BCUT2D eigenvalue weighted by molar-refractivity contribution is 6.31. The molecule has 2 aromatic rings. The Labute approximate surface area is 172 Å². The van der Waals surface area contributed by atoms with Crippen LogP contribution in [0.2, 0.25) is 5.02 Å². The molecule has 0 aliphatic heterocycles. The summed E-state index contributed by atoms with van der Waals surface area (Å²) in [4.78, 5) is 29.3. The molecular weight excluding hydrogens is 374 g/mol. The van der Waals surface area contributed by atoms with Crippen molar-refractivity contribution in [3.63, 3.8) is 0 Å². The number of carbonyl (C=O) groups is 2. The fourth-order valence-electron chi connectivity index (χ4n) is 2.99. The van der Waals surface area contributed by atoms with Crippen LogP contribution in [-0.4, -0.2) is 45.8 Å². The molecule has 0 aliphatic rings. The van der Waals surface area contributed by atoms with Gasteiger partial charge in [-0.3, -0.25) is 9.59 Å². The van der Waals surface area contributed by atoms with Gasteiger partial charge in [0.25, 0.3) is 5.91 Å². The quantitative estimate of drug-likeness (QED) is 0.596. The lowest BCUT2D eigenvalue weighted by molar-refractivity contribution is -0.133. The molecule has 0 aliphatic carbocycles. The Hall–Kier alpha value is -2.53. The summed E-state index contributed by atoms with van der Waals surface area (Å²) in [6.45, 7) is 9.28. The highest BCUT2D eigenvalue weighted by Gasteiger charge is 2.23. The summed E-state index contributed by atoms with van der Waals surface area (Å²) in [7, 11) is 1.96. The summed E-state index contributed by atoms with van der Waals surface area (Å²) < 4.78 is 2.00. The topological polar surface area (TPSA) is 45.6 Å². The first-order chi connectivity index (χ1) is 13.3. The van der Waals surface area contributed by atoms with Crippen LogP contribution in [0.4, 0.5) is 0 Å². The van der Waals surface area contributed by atoms with E-state index < -0.39 is 0 Å². The van der Waals surface area contributed by atoms with Gasteiger partial charge in [0.15, 0.2) is 0 Å². The van der Waals surface area contributed by atoms with Crippen LogP contribution >= 0.6 is 11.6 Å². The Bertz CT molecular complexity index is 829. The normalized spacial score (nSPS) is 10.8. The van der Waals surface area contributed by atoms with Crippen molar-refractivity contribution in [2.75, 3.05) is 19.6 Å². The minimum atomic E-state index is -0.237. The van der Waals surface area contributed by atoms with Gasteiger partial charge in [-0.05, 0) is 36.2 Å². The van der Waals surface area contributed by atoms with Crippen molar-refractivity contribution >= 4 is 23.4 Å². The zero-order valence-electron chi connectivity index (χ0n) is 16.8. The van der Waals surface area contributed by atoms with Crippen LogP contribution in [0.5, 0.6) is 0 Å². The van der Waals surface area contributed by atoms with E-state index >= 15 is 0 Å². The maximum atomic E-state index is 13.1. The third-order valence-electron chi connectivity index (χ3n) is 4.38. The minimum Gasteiger partial charge on any atom is -0.353 e. The zero-order valence-corrected chi connectivity index (χ0v) is 17.5. The Morgan fingerprint density at radius 2 is 1.96 bits per heavy atom. The van der Waals surface area contributed by atoms with E-state index in [9.17, 15) is 9.59 Å². The summed E-state index contributed by atoms with van der Waals surface area (Å²) >= 11 is 6.01. The molecular formula is C22H28ClN3O2. The van der Waals surface area contributed by atoms with Crippen molar-refractivity contribution in [1.29, 1.82) is 0 Å². The zero-order chi connectivity index (χ0) is 20.7. The SMILES string of the molecule is C=CCN(CC(=O)N(Cc1cccn1C)CC(C)C)C(=O)c1cccc(Cl)c1. The molecule has 0 atom stereocenters.